The van der Waals surface area contributed by atoms with E-state index in [1.54, 1.807) is 12.3 Å². The van der Waals surface area contributed by atoms with Gasteiger partial charge in [0.1, 0.15) is 11.8 Å². The zero-order valence-electron chi connectivity index (χ0n) is 18.4. The standard InChI is InChI=1S/C25H21ClN8O/c26-20-9-18(31-24(16-6-7-28-11-16)21-13-30-34-33-21)8-19-23(17(10-27)12-29-25(19)20)32-22(14-35)15-4-2-1-3-5-15/h1-9,11-13,22,24,28,31,35H,14H2,(H,29,32)(H,30,33,34)/t22-,24?/m1/s1. The number of aliphatic hydroxyl groups is 1. The number of hydrogen-bond acceptors (Lipinski definition) is 7. The van der Waals surface area contributed by atoms with E-state index in [0.717, 1.165) is 11.1 Å². The van der Waals surface area contributed by atoms with E-state index >= 15 is 0 Å². The number of halogens is 1. The Labute approximate surface area is 205 Å². The molecule has 0 spiro atoms. The molecule has 0 aliphatic carbocycles. The summed E-state index contributed by atoms with van der Waals surface area (Å²) in [5.41, 5.74) is 4.70. The van der Waals surface area contributed by atoms with Gasteiger partial charge >= 0.3 is 0 Å². The van der Waals surface area contributed by atoms with Crippen LogP contribution in [-0.4, -0.2) is 37.1 Å². The van der Waals surface area contributed by atoms with Crippen LogP contribution in [0.3, 0.4) is 0 Å². The normalized spacial score (nSPS) is 12.7. The van der Waals surface area contributed by atoms with E-state index in [1.165, 1.54) is 6.20 Å². The number of hydrogen-bond donors (Lipinski definition) is 5. The first-order chi connectivity index (χ1) is 17.2. The number of benzene rings is 2. The number of anilines is 2. The number of pyridine rings is 1. The highest BCUT2D eigenvalue weighted by atomic mass is 35.5. The Hall–Kier alpha value is -4.39. The summed E-state index contributed by atoms with van der Waals surface area (Å²) in [6.07, 6.45) is 6.92. The fourth-order valence-electron chi connectivity index (χ4n) is 4.04. The molecule has 0 amide bonds. The SMILES string of the molecule is N#Cc1cnc2c(Cl)cc(NC(c3cc[nH]c3)c3c[nH]nn3)cc2c1N[C@H](CO)c1ccccc1. The minimum absolute atomic E-state index is 0.161. The van der Waals surface area contributed by atoms with E-state index in [4.69, 9.17) is 11.6 Å². The Morgan fingerprint density at radius 3 is 2.63 bits per heavy atom. The van der Waals surface area contributed by atoms with Crippen LogP contribution in [0.15, 0.2) is 73.3 Å². The zero-order chi connectivity index (χ0) is 24.2. The van der Waals surface area contributed by atoms with Gasteiger partial charge in [-0.2, -0.15) is 5.26 Å². The minimum atomic E-state index is -0.424. The van der Waals surface area contributed by atoms with E-state index < -0.39 is 6.04 Å². The molecule has 174 valence electrons. The molecule has 0 aliphatic rings. The molecule has 3 aromatic heterocycles. The molecule has 5 aromatic rings. The van der Waals surface area contributed by atoms with Crippen molar-refractivity contribution in [3.8, 4) is 6.07 Å². The molecule has 1 unspecified atom stereocenters. The fraction of sp³-hybridized carbons (Fsp3) is 0.120. The van der Waals surface area contributed by atoms with Crippen LogP contribution >= 0.6 is 11.6 Å². The number of H-pyrrole nitrogens is 2. The van der Waals surface area contributed by atoms with Gasteiger partial charge in [0.2, 0.25) is 0 Å². The van der Waals surface area contributed by atoms with Gasteiger partial charge in [-0.15, -0.1) is 5.10 Å². The average Bonchev–Trinajstić information content (AvgIpc) is 3.61. The zero-order valence-corrected chi connectivity index (χ0v) is 19.2. The van der Waals surface area contributed by atoms with Gasteiger partial charge in [0.05, 0.1) is 40.5 Å². The molecule has 9 nitrogen and oxygen atoms in total. The number of nitrogens with zero attached hydrogens (tertiary/aromatic N) is 4. The molecule has 5 N–H and O–H groups in total. The van der Waals surface area contributed by atoms with Crippen LogP contribution in [-0.2, 0) is 0 Å². The number of aliphatic hydroxyl groups excluding tert-OH is 1. The van der Waals surface area contributed by atoms with Gasteiger partial charge in [0.15, 0.2) is 0 Å². The summed E-state index contributed by atoms with van der Waals surface area (Å²) in [5, 5.41) is 38.5. The maximum atomic E-state index is 10.1. The van der Waals surface area contributed by atoms with Gasteiger partial charge in [-0.1, -0.05) is 47.1 Å². The van der Waals surface area contributed by atoms with E-state index in [1.807, 2.05) is 54.9 Å². The summed E-state index contributed by atoms with van der Waals surface area (Å²) >= 11 is 6.65. The maximum absolute atomic E-state index is 10.1. The molecule has 0 saturated carbocycles. The Morgan fingerprint density at radius 2 is 1.94 bits per heavy atom. The van der Waals surface area contributed by atoms with Crippen molar-refractivity contribution in [3.05, 3.63) is 101 Å². The monoisotopic (exact) mass is 484 g/mol. The lowest BCUT2D eigenvalue weighted by molar-refractivity contribution is 0.276. The van der Waals surface area contributed by atoms with Crippen LogP contribution < -0.4 is 10.6 Å². The summed E-state index contributed by atoms with van der Waals surface area (Å²) in [5.74, 6) is 0. The third kappa shape index (κ3) is 4.53. The first-order valence-electron chi connectivity index (χ1n) is 10.9. The lowest BCUT2D eigenvalue weighted by Crippen LogP contribution is -2.16. The molecule has 0 bridgehead atoms. The highest BCUT2D eigenvalue weighted by molar-refractivity contribution is 6.35. The predicted octanol–water partition coefficient (Wildman–Crippen LogP) is 4.55. The number of aromatic nitrogens is 5. The van der Waals surface area contributed by atoms with Gasteiger partial charge in [0.25, 0.3) is 0 Å². The van der Waals surface area contributed by atoms with E-state index in [2.05, 4.69) is 42.1 Å². The summed E-state index contributed by atoms with van der Waals surface area (Å²) in [4.78, 5) is 7.48. The van der Waals surface area contributed by atoms with E-state index in [9.17, 15) is 10.4 Å². The maximum Gasteiger partial charge on any atom is 0.109 e. The third-order valence-corrected chi connectivity index (χ3v) is 6.03. The summed E-state index contributed by atoms with van der Waals surface area (Å²) in [6.45, 7) is -0.161. The second-order valence-electron chi connectivity index (χ2n) is 7.92. The van der Waals surface area contributed by atoms with Crippen LogP contribution in [0.2, 0.25) is 5.02 Å². The van der Waals surface area contributed by atoms with Gasteiger partial charge in [0, 0.05) is 35.9 Å². The smallest absolute Gasteiger partial charge is 0.109 e. The molecule has 2 atom stereocenters. The van der Waals surface area contributed by atoms with Gasteiger partial charge in [-0.05, 0) is 29.3 Å². The van der Waals surface area contributed by atoms with Gasteiger partial charge in [-0.25, -0.2) is 0 Å². The molecule has 0 saturated heterocycles. The van der Waals surface area contributed by atoms with E-state index in [0.29, 0.717) is 38.6 Å². The van der Waals surface area contributed by atoms with Crippen molar-refractivity contribution in [1.29, 1.82) is 5.26 Å². The van der Waals surface area contributed by atoms with Crippen LogP contribution in [0.5, 0.6) is 0 Å². The Bertz CT molecular complexity index is 1430. The van der Waals surface area contributed by atoms with Crippen molar-refractivity contribution in [2.24, 2.45) is 0 Å². The van der Waals surface area contributed by atoms with Crippen molar-refractivity contribution >= 4 is 33.9 Å². The number of aromatic amines is 2. The lowest BCUT2D eigenvalue weighted by atomic mass is 10.0. The predicted molar refractivity (Wildman–Crippen MR) is 134 cm³/mol. The average molecular weight is 485 g/mol. The Kier molecular flexibility index (Phi) is 6.30. The molecular formula is C25H21ClN8O. The summed E-state index contributed by atoms with van der Waals surface area (Å²) < 4.78 is 0. The van der Waals surface area contributed by atoms with Crippen molar-refractivity contribution in [2.45, 2.75) is 12.1 Å². The largest absolute Gasteiger partial charge is 0.394 e. The van der Waals surface area contributed by atoms with Gasteiger partial charge < -0.3 is 20.7 Å². The first kappa shape index (κ1) is 22.4. The fourth-order valence-corrected chi connectivity index (χ4v) is 4.31. The lowest BCUT2D eigenvalue weighted by Gasteiger charge is -2.22. The Morgan fingerprint density at radius 1 is 1.09 bits per heavy atom. The highest BCUT2D eigenvalue weighted by Crippen LogP contribution is 2.36. The van der Waals surface area contributed by atoms with Crippen LogP contribution in [0.4, 0.5) is 11.4 Å². The van der Waals surface area contributed by atoms with Crippen LogP contribution in [0, 0.1) is 11.3 Å². The second kappa shape index (κ2) is 9.85. The number of fused-ring (bicyclic) bond motifs is 1. The van der Waals surface area contributed by atoms with Crippen LogP contribution in [0.25, 0.3) is 10.9 Å². The van der Waals surface area contributed by atoms with E-state index in [-0.39, 0.29) is 12.6 Å². The summed E-state index contributed by atoms with van der Waals surface area (Å²) in [6, 6.07) is 16.6. The topological polar surface area (TPSA) is 138 Å². The highest BCUT2D eigenvalue weighted by Gasteiger charge is 2.21. The molecule has 35 heavy (non-hydrogen) atoms. The number of nitriles is 1. The molecular weight excluding hydrogens is 464 g/mol. The Balaban J connectivity index is 1.59. The minimum Gasteiger partial charge on any atom is -0.394 e. The van der Waals surface area contributed by atoms with Crippen molar-refractivity contribution < 1.29 is 5.11 Å². The molecule has 10 heteroatoms. The van der Waals surface area contributed by atoms with Crippen molar-refractivity contribution in [3.63, 3.8) is 0 Å². The molecule has 0 fully saturated rings. The molecule has 5 rings (SSSR count). The molecule has 3 heterocycles. The van der Waals surface area contributed by atoms with Crippen molar-refractivity contribution in [2.75, 3.05) is 17.2 Å². The number of nitrogens with one attached hydrogen (secondary N) is 4. The molecule has 0 aliphatic heterocycles. The molecule has 0 radical (unpaired) electrons. The first-order valence-corrected chi connectivity index (χ1v) is 11.3. The van der Waals surface area contributed by atoms with Crippen LogP contribution in [0.1, 0.15) is 34.5 Å². The second-order valence-corrected chi connectivity index (χ2v) is 8.33. The quantitative estimate of drug-likeness (QED) is 0.218. The molecule has 2 aromatic carbocycles. The van der Waals surface area contributed by atoms with Crippen molar-refractivity contribution in [1.82, 2.24) is 25.4 Å². The number of rotatable bonds is 8. The third-order valence-electron chi connectivity index (χ3n) is 5.75. The van der Waals surface area contributed by atoms with Gasteiger partial charge in [-0.3, -0.25) is 10.1 Å². The summed E-state index contributed by atoms with van der Waals surface area (Å²) in [7, 11) is 0.